The van der Waals surface area contributed by atoms with Crippen molar-refractivity contribution < 1.29 is 28.5 Å². The van der Waals surface area contributed by atoms with Crippen LogP contribution < -0.4 is 19.3 Å². The number of amides is 1. The molecule has 212 valence electrons. The average Bonchev–Trinajstić information content (AvgIpc) is 3.63. The number of fused-ring (bicyclic) bond motifs is 2. The van der Waals surface area contributed by atoms with Crippen LogP contribution in [0.3, 0.4) is 0 Å². The van der Waals surface area contributed by atoms with E-state index in [-0.39, 0.29) is 6.61 Å². The van der Waals surface area contributed by atoms with Gasteiger partial charge in [0.1, 0.15) is 22.5 Å². The largest absolute Gasteiger partial charge is 0.494 e. The van der Waals surface area contributed by atoms with Crippen LogP contribution in [0.1, 0.15) is 31.2 Å². The van der Waals surface area contributed by atoms with Gasteiger partial charge in [0, 0.05) is 26.3 Å². The van der Waals surface area contributed by atoms with Gasteiger partial charge in [-0.2, -0.15) is 4.90 Å². The van der Waals surface area contributed by atoms with Crippen molar-refractivity contribution in [2.24, 2.45) is 0 Å². The number of hydrogen-bond donors (Lipinski definition) is 0. The highest BCUT2D eigenvalue weighted by molar-refractivity contribution is 7.25. The minimum atomic E-state index is -0.529. The second kappa shape index (κ2) is 11.7. The first-order chi connectivity index (χ1) is 19.6. The number of aromatic nitrogens is 2. The summed E-state index contributed by atoms with van der Waals surface area (Å²) in [4.78, 5) is 27.1. The van der Waals surface area contributed by atoms with E-state index in [0.717, 1.165) is 59.7 Å². The van der Waals surface area contributed by atoms with E-state index >= 15 is 0 Å². The highest BCUT2D eigenvalue weighted by atomic mass is 32.1. The van der Waals surface area contributed by atoms with E-state index in [1.807, 2.05) is 18.2 Å². The normalized spacial score (nSPS) is 16.4. The number of nitrogens with zero attached hydrogens (tertiary/aromatic N) is 4. The van der Waals surface area contributed by atoms with Gasteiger partial charge in [-0.05, 0) is 49.4 Å². The van der Waals surface area contributed by atoms with Crippen LogP contribution in [0.15, 0.2) is 24.3 Å². The molecule has 0 aliphatic carbocycles. The van der Waals surface area contributed by atoms with Crippen molar-refractivity contribution in [1.29, 1.82) is 0 Å². The summed E-state index contributed by atoms with van der Waals surface area (Å²) in [5, 5.41) is 0.954. The molecule has 0 atom stereocenters. The lowest BCUT2D eigenvalue weighted by Crippen LogP contribution is -2.36. The van der Waals surface area contributed by atoms with E-state index < -0.39 is 6.09 Å². The number of hydrogen-bond acceptors (Lipinski definition) is 11. The van der Waals surface area contributed by atoms with Crippen molar-refractivity contribution in [2.45, 2.75) is 25.7 Å². The summed E-state index contributed by atoms with van der Waals surface area (Å²) in [6.45, 7) is 6.37. The van der Waals surface area contributed by atoms with Crippen molar-refractivity contribution in [3.05, 3.63) is 29.8 Å². The first-order valence-electron chi connectivity index (χ1n) is 13.4. The molecule has 0 unspecified atom stereocenters. The first-order valence-corrected chi connectivity index (χ1v) is 15.1. The summed E-state index contributed by atoms with van der Waals surface area (Å²) in [5.74, 6) is 1.66. The molecule has 0 N–H and O–H groups in total. The van der Waals surface area contributed by atoms with Crippen LogP contribution in [-0.4, -0.2) is 76.4 Å². The van der Waals surface area contributed by atoms with E-state index in [2.05, 4.69) is 11.0 Å². The van der Waals surface area contributed by atoms with Crippen molar-refractivity contribution in [2.75, 3.05) is 70.1 Å². The van der Waals surface area contributed by atoms with E-state index in [1.54, 1.807) is 21.1 Å². The van der Waals surface area contributed by atoms with Gasteiger partial charge in [-0.3, -0.25) is 0 Å². The zero-order chi connectivity index (χ0) is 27.6. The molecule has 2 aliphatic rings. The number of carbonyl (C=O) groups is 1. The summed E-state index contributed by atoms with van der Waals surface area (Å²) in [6, 6.07) is 8.05. The zero-order valence-corrected chi connectivity index (χ0v) is 24.4. The van der Waals surface area contributed by atoms with Gasteiger partial charge in [-0.15, -0.1) is 0 Å². The molecule has 0 bridgehead atoms. The maximum Gasteiger partial charge on any atom is 0.422 e. The van der Waals surface area contributed by atoms with E-state index in [9.17, 15) is 4.79 Å². The van der Waals surface area contributed by atoms with Gasteiger partial charge in [-0.25, -0.2) is 14.8 Å². The third-order valence-corrected chi connectivity index (χ3v) is 9.44. The molecular formula is C28H32N4O6S2. The lowest BCUT2D eigenvalue weighted by atomic mass is 9.91. The van der Waals surface area contributed by atoms with Crippen LogP contribution in [0.5, 0.6) is 11.5 Å². The predicted molar refractivity (Wildman–Crippen MR) is 157 cm³/mol. The molecule has 0 radical (unpaired) electrons. The molecule has 2 aromatic carbocycles. The molecule has 2 saturated heterocycles. The Bertz CT molecular complexity index is 1410. The summed E-state index contributed by atoms with van der Waals surface area (Å²) < 4.78 is 30.0. The molecule has 2 aromatic heterocycles. The number of methoxy groups -OCH3 is 2. The fraction of sp³-hybridized carbons (Fsp3) is 0.464. The molecule has 0 saturated carbocycles. The lowest BCUT2D eigenvalue weighted by Gasteiger charge is -2.29. The SMILES string of the molecule is CCOC(=O)N(c1nc2c(OC)ccc(C3CCOCC3)c2s1)c1nc2c(OC)ccc(N3CCOCC3)c2s1. The number of anilines is 3. The topological polar surface area (TPSA) is 95.5 Å². The first kappa shape index (κ1) is 27.0. The number of ether oxygens (including phenoxy) is 5. The molecule has 2 fully saturated rings. The maximum atomic E-state index is 13.5. The highest BCUT2D eigenvalue weighted by Gasteiger charge is 2.30. The summed E-state index contributed by atoms with van der Waals surface area (Å²) in [6.07, 6.45) is 1.36. The molecule has 2 aliphatic heterocycles. The van der Waals surface area contributed by atoms with Gasteiger partial charge < -0.3 is 28.6 Å². The molecule has 6 rings (SSSR count). The van der Waals surface area contributed by atoms with Crippen LogP contribution in [0, 0.1) is 0 Å². The smallest absolute Gasteiger partial charge is 0.422 e. The number of thiazole rings is 2. The van der Waals surface area contributed by atoms with E-state index in [1.165, 1.54) is 33.1 Å². The Morgan fingerprint density at radius 3 is 2.17 bits per heavy atom. The Kier molecular flexibility index (Phi) is 7.92. The third-order valence-electron chi connectivity index (χ3n) is 7.29. The van der Waals surface area contributed by atoms with Crippen molar-refractivity contribution in [3.8, 4) is 11.5 Å². The Balaban J connectivity index is 1.50. The monoisotopic (exact) mass is 584 g/mol. The molecule has 4 heterocycles. The Morgan fingerprint density at radius 2 is 1.52 bits per heavy atom. The van der Waals surface area contributed by atoms with Gasteiger partial charge >= 0.3 is 6.09 Å². The Hall–Kier alpha value is -3.19. The summed E-state index contributed by atoms with van der Waals surface area (Å²) >= 11 is 2.88. The predicted octanol–water partition coefficient (Wildman–Crippen LogP) is 5.95. The second-order valence-corrected chi connectivity index (χ2v) is 11.5. The van der Waals surface area contributed by atoms with E-state index in [0.29, 0.717) is 46.4 Å². The van der Waals surface area contributed by atoms with E-state index in [4.69, 9.17) is 33.7 Å². The molecule has 12 heteroatoms. The van der Waals surface area contributed by atoms with Crippen molar-refractivity contribution in [3.63, 3.8) is 0 Å². The standard InChI is InChI=1S/C28H32N4O6S2/c1-4-38-28(33)32(26-29-22-20(34-2)7-5-18(24(22)39-26)17-9-13-36-14-10-17)27-30-23-21(35-3)8-6-19(25(23)40-27)31-11-15-37-16-12-31/h5-8,17H,4,9-16H2,1-3H3. The summed E-state index contributed by atoms with van der Waals surface area (Å²) in [7, 11) is 3.26. The minimum Gasteiger partial charge on any atom is -0.494 e. The van der Waals surface area contributed by atoms with Gasteiger partial charge in [0.15, 0.2) is 0 Å². The molecule has 0 spiro atoms. The lowest BCUT2D eigenvalue weighted by molar-refractivity contribution is 0.0856. The van der Waals surface area contributed by atoms with Gasteiger partial charge in [0.25, 0.3) is 0 Å². The molecule has 1 amide bonds. The zero-order valence-electron chi connectivity index (χ0n) is 22.8. The van der Waals surface area contributed by atoms with Crippen LogP contribution in [0.4, 0.5) is 20.7 Å². The minimum absolute atomic E-state index is 0.226. The number of carbonyl (C=O) groups excluding carboxylic acids is 1. The maximum absolute atomic E-state index is 13.5. The molecule has 4 aromatic rings. The number of morpholine rings is 1. The molecule has 10 nitrogen and oxygen atoms in total. The van der Waals surface area contributed by atoms with Crippen LogP contribution in [0.2, 0.25) is 0 Å². The third kappa shape index (κ3) is 4.93. The molecule has 40 heavy (non-hydrogen) atoms. The van der Waals surface area contributed by atoms with Gasteiger partial charge in [0.2, 0.25) is 10.3 Å². The summed E-state index contributed by atoms with van der Waals surface area (Å²) in [5.41, 5.74) is 3.67. The Morgan fingerprint density at radius 1 is 0.925 bits per heavy atom. The second-order valence-electron chi connectivity index (χ2n) is 9.51. The van der Waals surface area contributed by atoms with Crippen LogP contribution >= 0.6 is 22.7 Å². The number of benzene rings is 2. The van der Waals surface area contributed by atoms with Crippen LogP contribution in [0.25, 0.3) is 20.4 Å². The fourth-order valence-corrected chi connectivity index (χ4v) is 7.62. The number of rotatable bonds is 7. The fourth-order valence-electron chi connectivity index (χ4n) is 5.28. The average molecular weight is 585 g/mol. The quantitative estimate of drug-likeness (QED) is 0.261. The van der Waals surface area contributed by atoms with Gasteiger partial charge in [0.05, 0.1) is 49.1 Å². The van der Waals surface area contributed by atoms with Crippen molar-refractivity contribution in [1.82, 2.24) is 9.97 Å². The molecular weight excluding hydrogens is 552 g/mol. The van der Waals surface area contributed by atoms with Gasteiger partial charge in [-0.1, -0.05) is 28.7 Å². The van der Waals surface area contributed by atoms with Crippen molar-refractivity contribution >= 4 is 65.2 Å². The highest BCUT2D eigenvalue weighted by Crippen LogP contribution is 2.46. The van der Waals surface area contributed by atoms with Crippen LogP contribution in [-0.2, 0) is 14.2 Å². The Labute approximate surface area is 240 Å².